The van der Waals surface area contributed by atoms with Crippen LogP contribution < -0.4 is 5.32 Å². The molecule has 2 rings (SSSR count). The quantitative estimate of drug-likeness (QED) is 0.847. The molecule has 5 heteroatoms. The molecule has 0 saturated heterocycles. The Kier molecular flexibility index (Phi) is 3.86. The number of rotatable bonds is 2. The molecule has 1 aromatic carbocycles. The van der Waals surface area contributed by atoms with Crippen molar-refractivity contribution in [3.63, 3.8) is 0 Å². The number of carbonyl (C=O) groups is 1. The lowest BCUT2D eigenvalue weighted by Gasteiger charge is -2.04. The van der Waals surface area contributed by atoms with Crippen molar-refractivity contribution in [1.29, 1.82) is 0 Å². The molecular weight excluding hydrogens is 322 g/mol. The number of aryl methyl sites for hydroxylation is 1. The van der Waals surface area contributed by atoms with Gasteiger partial charge in [-0.25, -0.2) is 0 Å². The Morgan fingerprint density at radius 1 is 1.47 bits per heavy atom. The van der Waals surface area contributed by atoms with E-state index < -0.39 is 0 Å². The molecule has 17 heavy (non-hydrogen) atoms. The van der Waals surface area contributed by atoms with Gasteiger partial charge >= 0.3 is 0 Å². The fourth-order valence-corrected chi connectivity index (χ4v) is 2.91. The highest BCUT2D eigenvalue weighted by Gasteiger charge is 2.14. The summed E-state index contributed by atoms with van der Waals surface area (Å²) in [6.45, 7) is 1.88. The van der Waals surface area contributed by atoms with Gasteiger partial charge in [0.1, 0.15) is 4.88 Å². The molecule has 2 aromatic rings. The van der Waals surface area contributed by atoms with Crippen LogP contribution in [0.25, 0.3) is 0 Å². The SMILES string of the molecule is Cc1csc(C(=O)Nc2cccc(Br)c2)c1Cl. The van der Waals surface area contributed by atoms with Crippen LogP contribution in [0.3, 0.4) is 0 Å². The van der Waals surface area contributed by atoms with Crippen molar-refractivity contribution < 1.29 is 4.79 Å². The van der Waals surface area contributed by atoms with Crippen molar-refractivity contribution in [3.05, 3.63) is 49.6 Å². The zero-order chi connectivity index (χ0) is 12.4. The summed E-state index contributed by atoms with van der Waals surface area (Å²) in [5.74, 6) is -0.175. The minimum absolute atomic E-state index is 0.175. The molecule has 0 unspecified atom stereocenters. The molecule has 0 aliphatic carbocycles. The number of hydrogen-bond donors (Lipinski definition) is 1. The summed E-state index contributed by atoms with van der Waals surface area (Å²) in [5.41, 5.74) is 1.67. The first-order chi connectivity index (χ1) is 8.08. The Labute approximate surface area is 117 Å². The normalized spacial score (nSPS) is 10.3. The molecule has 88 valence electrons. The number of hydrogen-bond acceptors (Lipinski definition) is 2. The summed E-state index contributed by atoms with van der Waals surface area (Å²) in [4.78, 5) is 12.5. The van der Waals surface area contributed by atoms with Crippen LogP contribution >= 0.6 is 38.9 Å². The largest absolute Gasteiger partial charge is 0.321 e. The number of thiophene rings is 1. The monoisotopic (exact) mass is 329 g/mol. The third-order valence-corrected chi connectivity index (χ3v) is 4.38. The number of amides is 1. The van der Waals surface area contributed by atoms with Gasteiger partial charge in [-0.2, -0.15) is 0 Å². The fraction of sp³-hybridized carbons (Fsp3) is 0.0833. The number of halogens is 2. The van der Waals surface area contributed by atoms with Crippen LogP contribution in [-0.2, 0) is 0 Å². The van der Waals surface area contributed by atoms with E-state index in [-0.39, 0.29) is 5.91 Å². The van der Waals surface area contributed by atoms with E-state index in [2.05, 4.69) is 21.2 Å². The number of carbonyl (C=O) groups excluding carboxylic acids is 1. The molecule has 1 aromatic heterocycles. The predicted molar refractivity (Wildman–Crippen MR) is 76.2 cm³/mol. The van der Waals surface area contributed by atoms with E-state index in [1.807, 2.05) is 36.6 Å². The second-order valence-corrected chi connectivity index (χ2v) is 5.70. The highest BCUT2D eigenvalue weighted by molar-refractivity contribution is 9.10. The minimum Gasteiger partial charge on any atom is -0.321 e. The van der Waals surface area contributed by atoms with Crippen molar-refractivity contribution in [2.45, 2.75) is 6.92 Å². The van der Waals surface area contributed by atoms with Crippen molar-refractivity contribution in [1.82, 2.24) is 0 Å². The van der Waals surface area contributed by atoms with E-state index in [0.29, 0.717) is 9.90 Å². The molecule has 0 spiro atoms. The topological polar surface area (TPSA) is 29.1 Å². The van der Waals surface area contributed by atoms with Crippen LogP contribution in [0.5, 0.6) is 0 Å². The van der Waals surface area contributed by atoms with E-state index in [1.165, 1.54) is 11.3 Å². The third kappa shape index (κ3) is 2.89. The first kappa shape index (κ1) is 12.6. The summed E-state index contributed by atoms with van der Waals surface area (Å²) in [5, 5.41) is 5.21. The molecule has 0 aliphatic rings. The van der Waals surface area contributed by atoms with E-state index in [0.717, 1.165) is 15.7 Å². The van der Waals surface area contributed by atoms with Gasteiger partial charge in [0.05, 0.1) is 5.02 Å². The summed E-state index contributed by atoms with van der Waals surface area (Å²) < 4.78 is 0.920. The average molecular weight is 331 g/mol. The first-order valence-electron chi connectivity index (χ1n) is 4.88. The van der Waals surface area contributed by atoms with Crippen LogP contribution in [0.15, 0.2) is 34.1 Å². The Bertz CT molecular complexity index is 567. The molecule has 2 nitrogen and oxygen atoms in total. The highest BCUT2D eigenvalue weighted by atomic mass is 79.9. The minimum atomic E-state index is -0.175. The van der Waals surface area contributed by atoms with Crippen molar-refractivity contribution in [2.75, 3.05) is 5.32 Å². The Morgan fingerprint density at radius 2 is 2.24 bits per heavy atom. The Hall–Kier alpha value is -0.840. The van der Waals surface area contributed by atoms with Crippen LogP contribution in [0.2, 0.25) is 5.02 Å². The second-order valence-electron chi connectivity index (χ2n) is 3.53. The maximum absolute atomic E-state index is 12.0. The van der Waals surface area contributed by atoms with Gasteiger partial charge in [-0.1, -0.05) is 33.6 Å². The van der Waals surface area contributed by atoms with Crippen LogP contribution in [0, 0.1) is 6.92 Å². The molecule has 0 aliphatic heterocycles. The molecule has 1 N–H and O–H groups in total. The van der Waals surface area contributed by atoms with Crippen LogP contribution in [0.4, 0.5) is 5.69 Å². The number of anilines is 1. The molecular formula is C12H9BrClNOS. The van der Waals surface area contributed by atoms with Gasteiger partial charge in [0.2, 0.25) is 0 Å². The van der Waals surface area contributed by atoms with Crippen LogP contribution in [0.1, 0.15) is 15.2 Å². The molecule has 0 radical (unpaired) electrons. The summed E-state index contributed by atoms with van der Waals surface area (Å²) in [6, 6.07) is 7.43. The average Bonchev–Trinajstić information content (AvgIpc) is 2.60. The van der Waals surface area contributed by atoms with Crippen molar-refractivity contribution in [2.24, 2.45) is 0 Å². The van der Waals surface area contributed by atoms with Gasteiger partial charge in [-0.05, 0) is 36.1 Å². The van der Waals surface area contributed by atoms with Gasteiger partial charge in [-0.3, -0.25) is 4.79 Å². The standard InChI is InChI=1S/C12H9BrClNOS/c1-7-6-17-11(10(7)14)12(16)15-9-4-2-3-8(13)5-9/h2-6H,1H3,(H,15,16). The first-order valence-corrected chi connectivity index (χ1v) is 6.93. The maximum Gasteiger partial charge on any atom is 0.267 e. The van der Waals surface area contributed by atoms with Gasteiger partial charge in [0.25, 0.3) is 5.91 Å². The molecule has 1 heterocycles. The maximum atomic E-state index is 12.0. The van der Waals surface area contributed by atoms with Gasteiger partial charge in [0.15, 0.2) is 0 Å². The highest BCUT2D eigenvalue weighted by Crippen LogP contribution is 2.28. The van der Waals surface area contributed by atoms with Gasteiger partial charge in [0, 0.05) is 10.2 Å². The van der Waals surface area contributed by atoms with Gasteiger partial charge in [-0.15, -0.1) is 11.3 Å². The summed E-state index contributed by atoms with van der Waals surface area (Å²) >= 11 is 10.7. The molecule has 0 atom stereocenters. The number of nitrogens with one attached hydrogen (secondary N) is 1. The molecule has 0 fully saturated rings. The zero-order valence-electron chi connectivity index (χ0n) is 8.96. The number of benzene rings is 1. The third-order valence-electron chi connectivity index (χ3n) is 2.19. The lowest BCUT2D eigenvalue weighted by Crippen LogP contribution is -2.10. The lowest BCUT2D eigenvalue weighted by atomic mass is 10.3. The smallest absolute Gasteiger partial charge is 0.267 e. The zero-order valence-corrected chi connectivity index (χ0v) is 12.1. The predicted octanol–water partition coefficient (Wildman–Crippen LogP) is 4.72. The van der Waals surface area contributed by atoms with Crippen molar-refractivity contribution >= 4 is 50.5 Å². The Balaban J connectivity index is 2.20. The Morgan fingerprint density at radius 3 is 2.82 bits per heavy atom. The van der Waals surface area contributed by atoms with E-state index in [4.69, 9.17) is 11.6 Å². The fourth-order valence-electron chi connectivity index (χ4n) is 1.34. The van der Waals surface area contributed by atoms with E-state index in [1.54, 1.807) is 0 Å². The van der Waals surface area contributed by atoms with Gasteiger partial charge < -0.3 is 5.32 Å². The molecule has 0 saturated carbocycles. The summed E-state index contributed by atoms with van der Waals surface area (Å²) in [7, 11) is 0. The van der Waals surface area contributed by atoms with E-state index >= 15 is 0 Å². The van der Waals surface area contributed by atoms with Crippen molar-refractivity contribution in [3.8, 4) is 0 Å². The van der Waals surface area contributed by atoms with Crippen LogP contribution in [-0.4, -0.2) is 5.91 Å². The summed E-state index contributed by atoms with van der Waals surface area (Å²) in [6.07, 6.45) is 0. The lowest BCUT2D eigenvalue weighted by molar-refractivity contribution is 0.103. The second kappa shape index (κ2) is 5.21. The van der Waals surface area contributed by atoms with E-state index in [9.17, 15) is 4.79 Å². The molecule has 0 bridgehead atoms. The molecule has 1 amide bonds.